The SMILES string of the molecule is COCn1cc(C(=O)OC)cc1C([C](=O)[AlH2])[S-](=O)=O.[AlH2+]. The minimum absolute atomic E-state index is 0. The van der Waals surface area contributed by atoms with Gasteiger partial charge in [0.15, 0.2) is 0 Å². The Kier molecular flexibility index (Phi) is 8.37. The number of esters is 1. The van der Waals surface area contributed by atoms with Gasteiger partial charge in [0.25, 0.3) is 0 Å². The van der Waals surface area contributed by atoms with E-state index in [0.717, 1.165) is 0 Å². The summed E-state index contributed by atoms with van der Waals surface area (Å²) in [7, 11) is 0.0495. The Labute approximate surface area is 136 Å². The molecule has 0 aliphatic heterocycles. The van der Waals surface area contributed by atoms with Gasteiger partial charge in [-0.1, -0.05) is 10.7 Å². The summed E-state index contributed by atoms with van der Waals surface area (Å²) in [5.41, 5.74) is 0.378. The van der Waals surface area contributed by atoms with Crippen molar-refractivity contribution in [2.75, 3.05) is 14.2 Å². The Morgan fingerprint density at radius 3 is 2.40 bits per heavy atom. The van der Waals surface area contributed by atoms with E-state index in [0.29, 0.717) is 0 Å². The summed E-state index contributed by atoms with van der Waals surface area (Å²) in [5.74, 6) is -0.604. The molecule has 0 amide bonds. The summed E-state index contributed by atoms with van der Waals surface area (Å²) >= 11 is 0.0910. The first kappa shape index (κ1) is 19.4. The van der Waals surface area contributed by atoms with Gasteiger partial charge in [-0.2, -0.15) is 0 Å². The van der Waals surface area contributed by atoms with Gasteiger partial charge in [0, 0.05) is 28.9 Å². The molecule has 0 spiro atoms. The fourth-order valence-electron chi connectivity index (χ4n) is 1.67. The maximum absolute atomic E-state index is 11.5. The Morgan fingerprint density at radius 2 is 2.00 bits per heavy atom. The van der Waals surface area contributed by atoms with E-state index in [4.69, 9.17) is 4.74 Å². The summed E-state index contributed by atoms with van der Waals surface area (Å²) in [6, 6.07) is 1.33. The van der Waals surface area contributed by atoms with Crippen LogP contribution in [-0.4, -0.2) is 63.1 Å². The number of carbonyl (C=O) groups excluding carboxylic acids is 2. The summed E-state index contributed by atoms with van der Waals surface area (Å²) in [6.07, 6.45) is 1.40. The maximum atomic E-state index is 11.5. The summed E-state index contributed by atoms with van der Waals surface area (Å²) in [5, 5.41) is -1.28. The van der Waals surface area contributed by atoms with Crippen molar-refractivity contribution in [1.29, 1.82) is 0 Å². The van der Waals surface area contributed by atoms with E-state index >= 15 is 0 Å². The number of hydrogen-bond acceptors (Lipinski definition) is 7. The van der Waals surface area contributed by atoms with Crippen LogP contribution in [0, 0.1) is 0 Å². The van der Waals surface area contributed by atoms with Crippen LogP contribution in [0.15, 0.2) is 12.3 Å². The first-order valence-corrected chi connectivity index (χ1v) is 7.42. The second-order valence-electron chi connectivity index (χ2n) is 3.78. The van der Waals surface area contributed by atoms with E-state index < -0.39 is 26.6 Å². The van der Waals surface area contributed by atoms with E-state index in [1.165, 1.54) is 31.0 Å². The number of rotatable bonds is 6. The van der Waals surface area contributed by atoms with Gasteiger partial charge in [-0.05, 0) is 6.07 Å². The van der Waals surface area contributed by atoms with E-state index in [-0.39, 0.29) is 51.6 Å². The van der Waals surface area contributed by atoms with Crippen LogP contribution in [0.5, 0.6) is 0 Å². The number of hydrogen-bond donors (Lipinski definition) is 0. The van der Waals surface area contributed by atoms with Gasteiger partial charge in [0.05, 0.1) is 12.7 Å². The van der Waals surface area contributed by atoms with Crippen LogP contribution in [0.25, 0.3) is 0 Å². The molecule has 1 atom stereocenters. The summed E-state index contributed by atoms with van der Waals surface area (Å²) in [6.45, 7) is 0.0366. The van der Waals surface area contributed by atoms with Crippen LogP contribution >= 0.6 is 0 Å². The zero-order valence-corrected chi connectivity index (χ0v) is 16.6. The topological polar surface area (TPSA) is 91.7 Å². The molecule has 7 nitrogen and oxygen atoms in total. The molecule has 0 fully saturated rings. The Morgan fingerprint density at radius 1 is 1.40 bits per heavy atom. The summed E-state index contributed by atoms with van der Waals surface area (Å²) < 4.78 is 32.8. The molecule has 0 aliphatic rings. The van der Waals surface area contributed by atoms with E-state index in [2.05, 4.69) is 4.74 Å². The zero-order chi connectivity index (χ0) is 14.6. The number of ether oxygens (including phenoxy) is 2. The van der Waals surface area contributed by atoms with Gasteiger partial charge in [-0.3, -0.25) is 0 Å². The van der Waals surface area contributed by atoms with E-state index in [1.807, 2.05) is 0 Å². The van der Waals surface area contributed by atoms with Crippen molar-refractivity contribution >= 4 is 55.0 Å². The molecule has 0 saturated heterocycles. The normalized spacial score (nSPS) is 11.8. The Bertz CT molecular complexity index is 560. The molecule has 0 bridgehead atoms. The van der Waals surface area contributed by atoms with Gasteiger partial charge in [-0.25, -0.2) is 4.79 Å². The van der Waals surface area contributed by atoms with Crippen LogP contribution in [0.4, 0.5) is 0 Å². The van der Waals surface area contributed by atoms with Gasteiger partial charge >= 0.3 is 39.6 Å². The Hall–Kier alpha value is -0.605. The Balaban J connectivity index is 0.00000361. The zero-order valence-electron chi connectivity index (χ0n) is 11.7. The average Bonchev–Trinajstić information content (AvgIpc) is 2.72. The second-order valence-corrected chi connectivity index (χ2v) is 5.76. The number of carbonyl (C=O) groups is 2. The molecule has 1 aromatic heterocycles. The van der Waals surface area contributed by atoms with Crippen LogP contribution in [0.1, 0.15) is 21.3 Å². The molecule has 1 unspecified atom stereocenters. The fourth-order valence-corrected chi connectivity index (χ4v) is 3.22. The molecule has 20 heavy (non-hydrogen) atoms. The molecule has 1 heterocycles. The third-order valence-corrected chi connectivity index (χ3v) is 4.40. The predicted octanol–water partition coefficient (Wildman–Crippen LogP) is -1.53. The van der Waals surface area contributed by atoms with Crippen molar-refractivity contribution in [2.45, 2.75) is 12.0 Å². The van der Waals surface area contributed by atoms with Crippen molar-refractivity contribution < 1.29 is 27.5 Å². The van der Waals surface area contributed by atoms with Gasteiger partial charge in [0.2, 0.25) is 0 Å². The molecule has 0 N–H and O–H groups in total. The molecule has 1 aromatic rings. The third kappa shape index (κ3) is 4.46. The molecule has 10 heteroatoms. The van der Waals surface area contributed by atoms with Crippen LogP contribution < -0.4 is 0 Å². The third-order valence-electron chi connectivity index (χ3n) is 2.45. The standard InChI is InChI=1S/C10H11NO6S.2Al.4H/c1-16-6-11-4-7(10(13)17-2)3-8(11)9(5-12)18(14)15;;;;;;/h3-4,9H,6H2,1-2H3;;;;;;/q-1;;+1;;;;. The molecule has 0 saturated carbocycles. The average molecular weight is 331 g/mol. The summed E-state index contributed by atoms with van der Waals surface area (Å²) in [4.78, 5) is 22.9. The second kappa shape index (κ2) is 8.63. The number of nitrogens with zero attached hydrogens (tertiary/aromatic N) is 1. The van der Waals surface area contributed by atoms with Crippen LogP contribution in [0.2, 0.25) is 0 Å². The van der Waals surface area contributed by atoms with E-state index in [1.54, 1.807) is 0 Å². The predicted molar refractivity (Wildman–Crippen MR) is 76.4 cm³/mol. The molecule has 0 radical (unpaired) electrons. The van der Waals surface area contributed by atoms with Crippen molar-refractivity contribution in [2.24, 2.45) is 0 Å². The number of aromatic nitrogens is 1. The minimum atomic E-state index is -2.59. The quantitative estimate of drug-likeness (QED) is 0.357. The molecule has 1 rings (SSSR count). The van der Waals surface area contributed by atoms with Crippen LogP contribution in [-0.2, 0) is 40.1 Å². The van der Waals surface area contributed by atoms with Crippen molar-refractivity contribution in [3.8, 4) is 0 Å². The monoisotopic (exact) mass is 331 g/mol. The molecule has 0 aliphatic carbocycles. The molecular formula is C10H15Al2NO6S. The number of methoxy groups -OCH3 is 2. The van der Waals surface area contributed by atoms with Crippen molar-refractivity contribution in [3.05, 3.63) is 23.5 Å². The first-order valence-electron chi connectivity index (χ1n) is 5.28. The molecule has 108 valence electrons. The van der Waals surface area contributed by atoms with Gasteiger partial charge in [-0.15, -0.1) is 0 Å². The van der Waals surface area contributed by atoms with E-state index in [9.17, 15) is 18.0 Å². The van der Waals surface area contributed by atoms with Crippen LogP contribution in [0.3, 0.4) is 0 Å². The van der Waals surface area contributed by atoms with Gasteiger partial charge < -0.3 is 27.3 Å². The molecule has 0 aromatic carbocycles. The molecular weight excluding hydrogens is 316 g/mol. The van der Waals surface area contributed by atoms with Crippen molar-refractivity contribution in [3.63, 3.8) is 0 Å². The first-order chi connectivity index (χ1) is 8.92. The van der Waals surface area contributed by atoms with Gasteiger partial charge in [0.1, 0.15) is 6.73 Å². The fraction of sp³-hybridized carbons (Fsp3) is 0.400. The van der Waals surface area contributed by atoms with Crippen molar-refractivity contribution in [1.82, 2.24) is 4.57 Å².